The number of rotatable bonds is 6. The molecule has 4 aromatic rings. The largest absolute Gasteiger partial charge is 0.490 e. The molecule has 2 aromatic carbocycles. The Morgan fingerprint density at radius 3 is 2.54 bits per heavy atom. The minimum atomic E-state index is -1.03. The lowest BCUT2D eigenvalue weighted by Crippen LogP contribution is -2.38. The number of aromatic carboxylic acids is 1. The van der Waals surface area contributed by atoms with Crippen molar-refractivity contribution < 1.29 is 23.8 Å². The minimum absolute atomic E-state index is 0.0230. The fourth-order valence-electron chi connectivity index (χ4n) is 4.05. The van der Waals surface area contributed by atoms with Crippen LogP contribution in [0.5, 0.6) is 17.5 Å². The highest BCUT2D eigenvalue weighted by atomic mass is 35.5. The summed E-state index contributed by atoms with van der Waals surface area (Å²) in [5, 5.41) is 9.81. The van der Waals surface area contributed by atoms with Gasteiger partial charge in [-0.15, -0.1) is 0 Å². The summed E-state index contributed by atoms with van der Waals surface area (Å²) < 4.78 is 24.8. The number of aromatic nitrogens is 3. The third-order valence-electron chi connectivity index (χ3n) is 5.90. The molecule has 5 rings (SSSR count). The minimum Gasteiger partial charge on any atom is -0.490 e. The van der Waals surface area contributed by atoms with Crippen LogP contribution >= 0.6 is 11.6 Å². The highest BCUT2D eigenvalue weighted by molar-refractivity contribution is 6.33. The zero-order chi connectivity index (χ0) is 24.5. The third kappa shape index (κ3) is 5.00. The van der Waals surface area contributed by atoms with E-state index in [9.17, 15) is 14.3 Å². The zero-order valence-corrected chi connectivity index (χ0v) is 19.6. The van der Waals surface area contributed by atoms with Crippen LogP contribution in [0.3, 0.4) is 0 Å². The van der Waals surface area contributed by atoms with Crippen molar-refractivity contribution in [3.63, 3.8) is 0 Å². The lowest BCUT2D eigenvalue weighted by atomic mass is 10.1. The van der Waals surface area contributed by atoms with Crippen LogP contribution in [0.2, 0.25) is 5.02 Å². The van der Waals surface area contributed by atoms with Gasteiger partial charge < -0.3 is 24.5 Å². The summed E-state index contributed by atoms with van der Waals surface area (Å²) in [6, 6.07) is 12.8. The Balaban J connectivity index is 1.29. The van der Waals surface area contributed by atoms with E-state index in [2.05, 4.69) is 19.9 Å². The molecule has 0 atom stereocenters. The van der Waals surface area contributed by atoms with Gasteiger partial charge in [0.05, 0.1) is 16.1 Å². The molecule has 10 heteroatoms. The summed E-state index contributed by atoms with van der Waals surface area (Å²) in [6.45, 7) is 3.11. The smallest absolute Gasteiger partial charge is 0.336 e. The quantitative estimate of drug-likeness (QED) is 0.358. The van der Waals surface area contributed by atoms with E-state index in [0.29, 0.717) is 52.2 Å². The van der Waals surface area contributed by atoms with E-state index in [1.807, 2.05) is 0 Å². The van der Waals surface area contributed by atoms with Gasteiger partial charge in [0, 0.05) is 25.9 Å². The predicted molar refractivity (Wildman–Crippen MR) is 129 cm³/mol. The van der Waals surface area contributed by atoms with Crippen molar-refractivity contribution in [3.8, 4) is 17.5 Å². The van der Waals surface area contributed by atoms with Crippen LogP contribution in [0.1, 0.15) is 28.8 Å². The maximum absolute atomic E-state index is 13.1. The Hall–Kier alpha value is -3.85. The first-order chi connectivity index (χ1) is 16.9. The summed E-state index contributed by atoms with van der Waals surface area (Å²) in [7, 11) is 0. The standard InChI is InChI=1S/C25H22ClFN4O4/c1-14-2-5-18(12-19(14)24(32)33)35-25-28-21-13-20(26)23(29-22(21)30-25)31-10-8-17(9-11-31)34-16-6-3-15(27)4-7-16/h2-7,12-13,17H,8-11H2,1H3,(H,32,33)(H,28,29,30). The average molecular weight is 497 g/mol. The van der Waals surface area contributed by atoms with E-state index in [1.54, 1.807) is 37.3 Å². The van der Waals surface area contributed by atoms with Gasteiger partial charge in [0.15, 0.2) is 5.65 Å². The number of pyridine rings is 1. The van der Waals surface area contributed by atoms with Crippen molar-refractivity contribution in [1.82, 2.24) is 15.0 Å². The highest BCUT2D eigenvalue weighted by Gasteiger charge is 2.24. The number of aryl methyl sites for hydroxylation is 1. The van der Waals surface area contributed by atoms with E-state index in [-0.39, 0.29) is 23.5 Å². The molecule has 2 aromatic heterocycles. The molecule has 0 bridgehead atoms. The van der Waals surface area contributed by atoms with Crippen molar-refractivity contribution in [2.24, 2.45) is 0 Å². The average Bonchev–Trinajstić information content (AvgIpc) is 3.22. The number of carboxylic acid groups (broad SMARTS) is 1. The summed E-state index contributed by atoms with van der Waals surface area (Å²) >= 11 is 6.54. The fraction of sp³-hybridized carbons (Fsp3) is 0.240. The molecule has 1 saturated heterocycles. The molecule has 0 aliphatic carbocycles. The van der Waals surface area contributed by atoms with Crippen LogP contribution < -0.4 is 14.4 Å². The number of carboxylic acids is 1. The number of carbonyl (C=O) groups is 1. The number of hydrogen-bond acceptors (Lipinski definition) is 6. The molecule has 3 heterocycles. The maximum atomic E-state index is 13.1. The van der Waals surface area contributed by atoms with Crippen molar-refractivity contribution in [2.45, 2.75) is 25.9 Å². The molecule has 2 N–H and O–H groups in total. The molecule has 35 heavy (non-hydrogen) atoms. The molecule has 8 nitrogen and oxygen atoms in total. The van der Waals surface area contributed by atoms with Crippen molar-refractivity contribution in [1.29, 1.82) is 0 Å². The monoisotopic (exact) mass is 496 g/mol. The van der Waals surface area contributed by atoms with E-state index < -0.39 is 5.97 Å². The number of ether oxygens (including phenoxy) is 2. The first-order valence-electron chi connectivity index (χ1n) is 11.1. The SMILES string of the molecule is Cc1ccc(Oc2nc3nc(N4CCC(Oc5ccc(F)cc5)CC4)c(Cl)cc3[nH]2)cc1C(=O)O. The van der Waals surface area contributed by atoms with Crippen LogP contribution in [0.15, 0.2) is 48.5 Å². The summed E-state index contributed by atoms with van der Waals surface area (Å²) in [5.41, 5.74) is 1.84. The lowest BCUT2D eigenvalue weighted by Gasteiger charge is -2.33. The highest BCUT2D eigenvalue weighted by Crippen LogP contribution is 2.32. The Morgan fingerprint density at radius 1 is 1.11 bits per heavy atom. The van der Waals surface area contributed by atoms with Gasteiger partial charge in [-0.1, -0.05) is 17.7 Å². The van der Waals surface area contributed by atoms with Gasteiger partial charge in [0.25, 0.3) is 0 Å². The van der Waals surface area contributed by atoms with Gasteiger partial charge in [-0.2, -0.15) is 4.98 Å². The second kappa shape index (κ2) is 9.42. The summed E-state index contributed by atoms with van der Waals surface area (Å²) in [4.78, 5) is 25.5. The first-order valence-corrected chi connectivity index (χ1v) is 11.5. The van der Waals surface area contributed by atoms with Gasteiger partial charge in [0.1, 0.15) is 29.2 Å². The van der Waals surface area contributed by atoms with Crippen LogP contribution in [-0.2, 0) is 0 Å². The molecular weight excluding hydrogens is 475 g/mol. The molecule has 1 aliphatic heterocycles. The number of anilines is 1. The second-order valence-electron chi connectivity index (χ2n) is 8.35. The third-order valence-corrected chi connectivity index (χ3v) is 6.18. The van der Waals surface area contributed by atoms with Crippen molar-refractivity contribution >= 4 is 34.6 Å². The van der Waals surface area contributed by atoms with E-state index in [1.165, 1.54) is 18.2 Å². The molecule has 0 radical (unpaired) electrons. The Kier molecular flexibility index (Phi) is 6.17. The second-order valence-corrected chi connectivity index (χ2v) is 8.76. The molecule has 180 valence electrons. The molecule has 1 aliphatic rings. The number of benzene rings is 2. The normalized spacial score (nSPS) is 14.3. The number of nitrogens with one attached hydrogen (secondary N) is 1. The Morgan fingerprint density at radius 2 is 1.83 bits per heavy atom. The number of piperidine rings is 1. The molecular formula is C25H22ClFN4O4. The molecule has 0 unspecified atom stereocenters. The molecule has 1 fully saturated rings. The summed E-state index contributed by atoms with van der Waals surface area (Å²) in [6.07, 6.45) is 1.55. The van der Waals surface area contributed by atoms with E-state index >= 15 is 0 Å². The topological polar surface area (TPSA) is 101 Å². The van der Waals surface area contributed by atoms with E-state index in [4.69, 9.17) is 21.1 Å². The van der Waals surface area contributed by atoms with Gasteiger partial charge in [-0.25, -0.2) is 14.2 Å². The zero-order valence-electron chi connectivity index (χ0n) is 18.8. The lowest BCUT2D eigenvalue weighted by molar-refractivity contribution is 0.0695. The van der Waals surface area contributed by atoms with E-state index in [0.717, 1.165) is 12.8 Å². The number of hydrogen-bond donors (Lipinski definition) is 2. The number of nitrogens with zero attached hydrogens (tertiary/aromatic N) is 3. The predicted octanol–water partition coefficient (Wildman–Crippen LogP) is 5.60. The van der Waals surface area contributed by atoms with Gasteiger partial charge in [-0.05, 0) is 55.0 Å². The molecule has 0 spiro atoms. The Bertz CT molecular complexity index is 1380. The molecule has 0 amide bonds. The van der Waals surface area contributed by atoms with Crippen LogP contribution in [0.25, 0.3) is 11.2 Å². The first kappa shape index (κ1) is 22.9. The molecule has 0 saturated carbocycles. The number of H-pyrrole nitrogens is 1. The maximum Gasteiger partial charge on any atom is 0.336 e. The van der Waals surface area contributed by atoms with Gasteiger partial charge in [0.2, 0.25) is 0 Å². The number of aromatic amines is 1. The van der Waals surface area contributed by atoms with Crippen LogP contribution in [0.4, 0.5) is 10.2 Å². The van der Waals surface area contributed by atoms with Gasteiger partial charge in [-0.3, -0.25) is 0 Å². The fourth-order valence-corrected chi connectivity index (χ4v) is 4.33. The van der Waals surface area contributed by atoms with Crippen molar-refractivity contribution in [2.75, 3.05) is 18.0 Å². The van der Waals surface area contributed by atoms with Crippen molar-refractivity contribution in [3.05, 3.63) is 70.5 Å². The van der Waals surface area contributed by atoms with Gasteiger partial charge >= 0.3 is 12.0 Å². The number of fused-ring (bicyclic) bond motifs is 1. The number of imidazole rings is 1. The van der Waals surface area contributed by atoms with Crippen LogP contribution in [0, 0.1) is 12.7 Å². The van der Waals surface area contributed by atoms with Crippen LogP contribution in [-0.4, -0.2) is 45.2 Å². The summed E-state index contributed by atoms with van der Waals surface area (Å²) in [5.74, 6) is 0.305. The number of halogens is 2. The Labute approximate surface area is 205 Å².